The number of carbonyl (C=O) groups is 2. The molecule has 1 amide bonds. The molecule has 6 heteroatoms. The van der Waals surface area contributed by atoms with Crippen molar-refractivity contribution in [2.24, 2.45) is 5.10 Å². The topological polar surface area (TPSA) is 63.9 Å². The molecule has 1 aliphatic rings. The molecule has 0 aliphatic carbocycles. The maximum absolute atomic E-state index is 12.7. The van der Waals surface area contributed by atoms with Crippen LogP contribution in [0.5, 0.6) is 0 Å². The molecule has 0 saturated heterocycles. The lowest BCUT2D eigenvalue weighted by molar-refractivity contribution is -0.134. The monoisotopic (exact) mass is 415 g/mol. The van der Waals surface area contributed by atoms with Crippen LogP contribution in [0.15, 0.2) is 65.8 Å². The van der Waals surface area contributed by atoms with Crippen LogP contribution in [-0.2, 0) is 9.53 Å². The summed E-state index contributed by atoms with van der Waals surface area (Å²) in [5.74, 6) is -0.835. The van der Waals surface area contributed by atoms with E-state index in [1.54, 1.807) is 6.07 Å². The first kappa shape index (κ1) is 20.6. The third-order valence-electron chi connectivity index (χ3n) is 5.47. The van der Waals surface area contributed by atoms with Crippen molar-refractivity contribution in [2.75, 3.05) is 13.2 Å². The second-order valence-electron chi connectivity index (χ2n) is 7.71. The first-order valence-electron chi connectivity index (χ1n) is 10.3. The van der Waals surface area contributed by atoms with Crippen molar-refractivity contribution in [2.45, 2.75) is 27.2 Å². The van der Waals surface area contributed by atoms with E-state index in [2.05, 4.69) is 5.10 Å². The van der Waals surface area contributed by atoms with Crippen LogP contribution in [0.3, 0.4) is 0 Å². The largest absolute Gasteiger partial charge is 0.452 e. The first-order chi connectivity index (χ1) is 14.9. The summed E-state index contributed by atoms with van der Waals surface area (Å²) >= 11 is 0. The molecule has 0 saturated carbocycles. The summed E-state index contributed by atoms with van der Waals surface area (Å²) in [5, 5.41) is 5.78. The fourth-order valence-corrected chi connectivity index (χ4v) is 3.81. The van der Waals surface area contributed by atoms with Gasteiger partial charge in [-0.15, -0.1) is 0 Å². The van der Waals surface area contributed by atoms with Gasteiger partial charge in [0.1, 0.15) is 0 Å². The molecule has 4 rings (SSSR count). The average Bonchev–Trinajstić information content (AvgIpc) is 3.38. The zero-order chi connectivity index (χ0) is 22.0. The number of rotatable bonds is 5. The van der Waals surface area contributed by atoms with E-state index in [4.69, 9.17) is 4.74 Å². The van der Waals surface area contributed by atoms with E-state index in [-0.39, 0.29) is 12.5 Å². The van der Waals surface area contributed by atoms with Crippen LogP contribution in [-0.4, -0.2) is 40.3 Å². The number of aromatic nitrogens is 1. The SMILES string of the molecule is Cc1ccc(-n2c(C)cc(C(=O)OCC(=O)N3CCC(c4ccccc4)=N3)c2C)cc1. The van der Waals surface area contributed by atoms with E-state index in [0.717, 1.165) is 28.4 Å². The van der Waals surface area contributed by atoms with Gasteiger partial charge >= 0.3 is 5.97 Å². The summed E-state index contributed by atoms with van der Waals surface area (Å²) in [7, 11) is 0. The highest BCUT2D eigenvalue weighted by atomic mass is 16.5. The van der Waals surface area contributed by atoms with Crippen LogP contribution in [0, 0.1) is 20.8 Å². The Bertz CT molecular complexity index is 1140. The van der Waals surface area contributed by atoms with E-state index in [0.29, 0.717) is 18.5 Å². The number of esters is 1. The highest BCUT2D eigenvalue weighted by Gasteiger charge is 2.24. The molecule has 1 aromatic heterocycles. The number of carbonyl (C=O) groups excluding carboxylic acids is 2. The highest BCUT2D eigenvalue weighted by molar-refractivity contribution is 6.02. The predicted octanol–water partition coefficient (Wildman–Crippen LogP) is 4.20. The Hall–Kier alpha value is -3.67. The van der Waals surface area contributed by atoms with Crippen molar-refractivity contribution in [1.82, 2.24) is 9.58 Å². The molecular formula is C25H25N3O3. The summed E-state index contributed by atoms with van der Waals surface area (Å²) in [5.41, 5.74) is 6.18. The zero-order valence-electron chi connectivity index (χ0n) is 18.0. The second kappa shape index (κ2) is 8.60. The van der Waals surface area contributed by atoms with Gasteiger partial charge in [0.2, 0.25) is 0 Å². The van der Waals surface area contributed by atoms with Gasteiger partial charge in [-0.25, -0.2) is 9.80 Å². The molecule has 2 aromatic carbocycles. The Morgan fingerprint density at radius 3 is 2.42 bits per heavy atom. The van der Waals surface area contributed by atoms with E-state index in [1.165, 1.54) is 10.6 Å². The van der Waals surface area contributed by atoms with E-state index in [1.807, 2.05) is 79.9 Å². The standard InChI is InChI=1S/C25H25N3O3/c1-17-9-11-21(12-10-17)28-18(2)15-22(19(28)3)25(30)31-16-24(29)27-14-13-23(26-27)20-7-5-4-6-8-20/h4-12,15H,13-14,16H2,1-3H3. The van der Waals surface area contributed by atoms with Crippen molar-refractivity contribution in [3.05, 3.63) is 88.7 Å². The van der Waals surface area contributed by atoms with Gasteiger partial charge < -0.3 is 9.30 Å². The Morgan fingerprint density at radius 1 is 1.00 bits per heavy atom. The fraction of sp³-hybridized carbons (Fsp3) is 0.240. The van der Waals surface area contributed by atoms with Gasteiger partial charge in [0, 0.05) is 23.5 Å². The predicted molar refractivity (Wildman–Crippen MR) is 120 cm³/mol. The van der Waals surface area contributed by atoms with Crippen molar-refractivity contribution < 1.29 is 14.3 Å². The molecule has 6 nitrogen and oxygen atoms in total. The minimum absolute atomic E-state index is 0.327. The zero-order valence-corrected chi connectivity index (χ0v) is 18.0. The molecule has 1 aliphatic heterocycles. The quantitative estimate of drug-likeness (QED) is 0.587. The number of aryl methyl sites for hydroxylation is 2. The third kappa shape index (κ3) is 4.28. The lowest BCUT2D eigenvalue weighted by Gasteiger charge is -2.12. The lowest BCUT2D eigenvalue weighted by Crippen LogP contribution is -2.28. The molecule has 2 heterocycles. The molecule has 0 fully saturated rings. The smallest absolute Gasteiger partial charge is 0.340 e. The first-order valence-corrected chi connectivity index (χ1v) is 10.3. The van der Waals surface area contributed by atoms with Gasteiger partial charge in [-0.05, 0) is 44.5 Å². The van der Waals surface area contributed by atoms with Gasteiger partial charge in [-0.3, -0.25) is 4.79 Å². The lowest BCUT2D eigenvalue weighted by atomic mass is 10.1. The Kier molecular flexibility index (Phi) is 5.71. The van der Waals surface area contributed by atoms with Crippen LogP contribution >= 0.6 is 0 Å². The number of amides is 1. The Balaban J connectivity index is 1.42. The van der Waals surface area contributed by atoms with Gasteiger partial charge in [0.25, 0.3) is 5.91 Å². The number of nitrogens with zero attached hydrogens (tertiary/aromatic N) is 3. The van der Waals surface area contributed by atoms with Gasteiger partial charge in [0.05, 0.1) is 17.8 Å². The fourth-order valence-electron chi connectivity index (χ4n) is 3.81. The molecule has 158 valence electrons. The van der Waals surface area contributed by atoms with E-state index < -0.39 is 5.97 Å². The minimum Gasteiger partial charge on any atom is -0.452 e. The van der Waals surface area contributed by atoms with Gasteiger partial charge in [-0.1, -0.05) is 48.0 Å². The molecule has 0 radical (unpaired) electrons. The van der Waals surface area contributed by atoms with Crippen LogP contribution in [0.2, 0.25) is 0 Å². The van der Waals surface area contributed by atoms with Crippen LogP contribution in [0.1, 0.15) is 39.3 Å². The minimum atomic E-state index is -0.508. The number of hydrogen-bond donors (Lipinski definition) is 0. The maximum atomic E-state index is 12.7. The maximum Gasteiger partial charge on any atom is 0.340 e. The highest BCUT2D eigenvalue weighted by Crippen LogP contribution is 2.22. The van der Waals surface area contributed by atoms with Crippen LogP contribution in [0.4, 0.5) is 0 Å². The van der Waals surface area contributed by atoms with Crippen LogP contribution in [0.25, 0.3) is 5.69 Å². The Labute approximate surface area is 181 Å². The third-order valence-corrected chi connectivity index (χ3v) is 5.47. The summed E-state index contributed by atoms with van der Waals surface area (Å²) in [6, 6.07) is 19.7. The van der Waals surface area contributed by atoms with E-state index >= 15 is 0 Å². The van der Waals surface area contributed by atoms with Gasteiger partial charge in [0.15, 0.2) is 6.61 Å². The van der Waals surface area contributed by atoms with Crippen LogP contribution < -0.4 is 0 Å². The number of benzene rings is 2. The Morgan fingerprint density at radius 2 is 1.71 bits per heavy atom. The van der Waals surface area contributed by atoms with Crippen molar-refractivity contribution >= 4 is 17.6 Å². The van der Waals surface area contributed by atoms with Gasteiger partial charge in [-0.2, -0.15) is 5.10 Å². The number of hydrazone groups is 1. The molecule has 0 bridgehead atoms. The molecule has 0 N–H and O–H groups in total. The molecule has 0 unspecified atom stereocenters. The van der Waals surface area contributed by atoms with Crippen molar-refractivity contribution in [3.63, 3.8) is 0 Å². The molecule has 0 atom stereocenters. The van der Waals surface area contributed by atoms with E-state index in [9.17, 15) is 9.59 Å². The average molecular weight is 415 g/mol. The summed E-state index contributed by atoms with van der Waals surface area (Å²) in [6.45, 7) is 6.01. The molecular weight excluding hydrogens is 390 g/mol. The number of hydrogen-bond acceptors (Lipinski definition) is 4. The number of ether oxygens (including phenoxy) is 1. The summed E-state index contributed by atoms with van der Waals surface area (Å²) < 4.78 is 7.34. The molecule has 31 heavy (non-hydrogen) atoms. The van der Waals surface area contributed by atoms with Crippen molar-refractivity contribution in [3.8, 4) is 5.69 Å². The summed E-state index contributed by atoms with van der Waals surface area (Å²) in [4.78, 5) is 25.2. The van der Waals surface area contributed by atoms with Crippen molar-refractivity contribution in [1.29, 1.82) is 0 Å². The normalized spacial score (nSPS) is 13.3. The molecule has 0 spiro atoms. The second-order valence-corrected chi connectivity index (χ2v) is 7.71. The molecule has 3 aromatic rings. The summed E-state index contributed by atoms with van der Waals surface area (Å²) in [6.07, 6.45) is 0.682.